The highest BCUT2D eigenvalue weighted by Crippen LogP contribution is 2.34. The molecule has 2 aromatic rings. The van der Waals surface area contributed by atoms with E-state index < -0.39 is 5.54 Å². The van der Waals surface area contributed by atoms with Crippen molar-refractivity contribution in [2.24, 2.45) is 5.73 Å². The van der Waals surface area contributed by atoms with Crippen LogP contribution in [0.25, 0.3) is 0 Å². The zero-order chi connectivity index (χ0) is 16.4. The Labute approximate surface area is 149 Å². The molecule has 0 atom stereocenters. The minimum atomic E-state index is -0.396. The molecule has 2 N–H and O–H groups in total. The highest BCUT2D eigenvalue weighted by Gasteiger charge is 2.35. The van der Waals surface area contributed by atoms with Crippen LogP contribution in [0.5, 0.6) is 5.75 Å². The topological polar surface area (TPSA) is 74.2 Å². The van der Waals surface area contributed by atoms with Crippen LogP contribution in [-0.4, -0.2) is 16.7 Å². The third kappa shape index (κ3) is 3.90. The molecule has 0 aliphatic heterocycles. The first-order valence-corrected chi connectivity index (χ1v) is 8.30. The monoisotopic (exact) mass is 351 g/mol. The lowest BCUT2D eigenvalue weighted by atomic mass is 9.99. The summed E-state index contributed by atoms with van der Waals surface area (Å²) >= 11 is 0. The fourth-order valence-electron chi connectivity index (χ4n) is 3.19. The highest BCUT2D eigenvalue weighted by atomic mass is 35.5. The lowest BCUT2D eigenvalue weighted by Crippen LogP contribution is -2.34. The second kappa shape index (κ2) is 7.53. The van der Waals surface area contributed by atoms with Gasteiger partial charge >= 0.3 is 0 Å². The molecular formula is C18H26ClN3O2. The van der Waals surface area contributed by atoms with Crippen LogP contribution in [-0.2, 0) is 12.0 Å². The van der Waals surface area contributed by atoms with Crippen molar-refractivity contribution in [2.45, 2.75) is 58.4 Å². The molecule has 1 aromatic heterocycles. The normalized spacial score (nSPS) is 16.0. The largest absolute Gasteiger partial charge is 0.493 e. The standard InChI is InChI=1S/C18H25N3O2.ClH/c1-12-10-13(2)14(3)15(11-12)22-9-6-16-20-17(21-23-16)18(19)7-4-5-8-18;/h10-11H,4-9,19H2,1-3H3;1H. The van der Waals surface area contributed by atoms with E-state index in [1.807, 2.05) is 0 Å². The van der Waals surface area contributed by atoms with Crippen molar-refractivity contribution in [3.63, 3.8) is 0 Å². The van der Waals surface area contributed by atoms with Crippen molar-refractivity contribution in [2.75, 3.05) is 6.61 Å². The van der Waals surface area contributed by atoms with Crippen molar-refractivity contribution < 1.29 is 9.26 Å². The fraction of sp³-hybridized carbons (Fsp3) is 0.556. The number of nitrogens with zero attached hydrogens (tertiary/aromatic N) is 2. The number of aryl methyl sites for hydroxylation is 2. The van der Waals surface area contributed by atoms with Gasteiger partial charge in [-0.05, 0) is 56.4 Å². The van der Waals surface area contributed by atoms with E-state index in [-0.39, 0.29) is 12.4 Å². The molecule has 0 spiro atoms. The Hall–Kier alpha value is -1.59. The van der Waals surface area contributed by atoms with Crippen LogP contribution in [0.2, 0.25) is 0 Å². The minimum Gasteiger partial charge on any atom is -0.493 e. The van der Waals surface area contributed by atoms with Gasteiger partial charge in [-0.3, -0.25) is 0 Å². The summed E-state index contributed by atoms with van der Waals surface area (Å²) in [5, 5.41) is 4.07. The maximum atomic E-state index is 6.35. The molecule has 132 valence electrons. The first kappa shape index (κ1) is 18.7. The lowest BCUT2D eigenvalue weighted by Gasteiger charge is -2.17. The first-order chi connectivity index (χ1) is 11.0. The molecule has 0 bridgehead atoms. The molecule has 5 nitrogen and oxygen atoms in total. The Balaban J connectivity index is 0.00000208. The molecule has 1 aliphatic carbocycles. The quantitative estimate of drug-likeness (QED) is 0.887. The van der Waals surface area contributed by atoms with Crippen molar-refractivity contribution in [3.8, 4) is 5.75 Å². The lowest BCUT2D eigenvalue weighted by molar-refractivity contribution is 0.288. The van der Waals surface area contributed by atoms with Gasteiger partial charge in [0, 0.05) is 0 Å². The summed E-state index contributed by atoms with van der Waals surface area (Å²) in [6, 6.07) is 4.23. The van der Waals surface area contributed by atoms with E-state index in [9.17, 15) is 0 Å². The molecule has 6 heteroatoms. The molecule has 1 aromatic carbocycles. The average molecular weight is 352 g/mol. The van der Waals surface area contributed by atoms with Gasteiger partial charge in [-0.15, -0.1) is 12.4 Å². The summed E-state index contributed by atoms with van der Waals surface area (Å²) in [4.78, 5) is 4.47. The molecule has 1 fully saturated rings. The van der Waals surface area contributed by atoms with Crippen molar-refractivity contribution >= 4 is 12.4 Å². The van der Waals surface area contributed by atoms with Gasteiger partial charge < -0.3 is 15.0 Å². The Morgan fingerprint density at radius 2 is 1.92 bits per heavy atom. The Morgan fingerprint density at radius 1 is 1.21 bits per heavy atom. The summed E-state index contributed by atoms with van der Waals surface area (Å²) in [6.07, 6.45) is 4.73. The summed E-state index contributed by atoms with van der Waals surface area (Å²) < 4.78 is 11.2. The van der Waals surface area contributed by atoms with Gasteiger partial charge in [-0.2, -0.15) is 4.98 Å². The van der Waals surface area contributed by atoms with E-state index >= 15 is 0 Å². The molecule has 0 saturated heterocycles. The fourth-order valence-corrected chi connectivity index (χ4v) is 3.19. The number of hydrogen-bond donors (Lipinski definition) is 1. The summed E-state index contributed by atoms with van der Waals surface area (Å²) in [6.45, 7) is 6.77. The number of rotatable bonds is 5. The maximum absolute atomic E-state index is 6.35. The zero-order valence-corrected chi connectivity index (χ0v) is 15.4. The van der Waals surface area contributed by atoms with Gasteiger partial charge in [0.05, 0.1) is 18.6 Å². The predicted molar refractivity (Wildman–Crippen MR) is 95.7 cm³/mol. The van der Waals surface area contributed by atoms with Crippen LogP contribution >= 0.6 is 12.4 Å². The molecule has 1 heterocycles. The van der Waals surface area contributed by atoms with E-state index in [4.69, 9.17) is 15.0 Å². The van der Waals surface area contributed by atoms with Gasteiger partial charge in [0.1, 0.15) is 5.75 Å². The van der Waals surface area contributed by atoms with Crippen LogP contribution in [0.4, 0.5) is 0 Å². The van der Waals surface area contributed by atoms with Crippen molar-refractivity contribution in [3.05, 3.63) is 40.5 Å². The third-order valence-electron chi connectivity index (χ3n) is 4.75. The van der Waals surface area contributed by atoms with Crippen molar-refractivity contribution in [1.82, 2.24) is 10.1 Å². The van der Waals surface area contributed by atoms with E-state index in [0.29, 0.717) is 24.7 Å². The number of benzene rings is 1. The van der Waals surface area contributed by atoms with Crippen LogP contribution in [0.1, 0.15) is 54.1 Å². The number of aromatic nitrogens is 2. The van der Waals surface area contributed by atoms with Gasteiger partial charge in [-0.1, -0.05) is 24.1 Å². The van der Waals surface area contributed by atoms with Gasteiger partial charge in [0.15, 0.2) is 5.82 Å². The molecule has 1 saturated carbocycles. The highest BCUT2D eigenvalue weighted by molar-refractivity contribution is 5.85. The van der Waals surface area contributed by atoms with E-state index in [1.54, 1.807) is 0 Å². The SMILES string of the molecule is Cc1cc(C)c(C)c(OCCc2nc(C3(N)CCCC3)no2)c1.Cl. The molecule has 3 rings (SSSR count). The molecule has 24 heavy (non-hydrogen) atoms. The number of nitrogens with two attached hydrogens (primary N) is 1. The molecule has 0 amide bonds. The molecule has 0 unspecified atom stereocenters. The van der Waals surface area contributed by atoms with Crippen LogP contribution in [0, 0.1) is 20.8 Å². The van der Waals surface area contributed by atoms with Gasteiger partial charge in [-0.25, -0.2) is 0 Å². The van der Waals surface area contributed by atoms with Crippen LogP contribution < -0.4 is 10.5 Å². The Morgan fingerprint density at radius 3 is 2.62 bits per heavy atom. The third-order valence-corrected chi connectivity index (χ3v) is 4.75. The smallest absolute Gasteiger partial charge is 0.230 e. The van der Waals surface area contributed by atoms with Gasteiger partial charge in [0.2, 0.25) is 5.89 Å². The van der Waals surface area contributed by atoms with E-state index in [2.05, 4.69) is 43.0 Å². The number of halogens is 1. The zero-order valence-electron chi connectivity index (χ0n) is 14.6. The number of hydrogen-bond acceptors (Lipinski definition) is 5. The van der Waals surface area contributed by atoms with Gasteiger partial charge in [0.25, 0.3) is 0 Å². The molecule has 0 radical (unpaired) electrons. The molecule has 1 aliphatic rings. The molecular weight excluding hydrogens is 326 g/mol. The van der Waals surface area contributed by atoms with Crippen LogP contribution in [0.3, 0.4) is 0 Å². The Kier molecular flexibility index (Phi) is 5.88. The van der Waals surface area contributed by atoms with Crippen molar-refractivity contribution in [1.29, 1.82) is 0 Å². The second-order valence-electron chi connectivity index (χ2n) is 6.68. The first-order valence-electron chi connectivity index (χ1n) is 8.30. The Bertz CT molecular complexity index is 694. The van der Waals surface area contributed by atoms with E-state index in [0.717, 1.165) is 31.4 Å². The summed E-state index contributed by atoms with van der Waals surface area (Å²) in [5.74, 6) is 2.17. The summed E-state index contributed by atoms with van der Waals surface area (Å²) in [7, 11) is 0. The maximum Gasteiger partial charge on any atom is 0.230 e. The second-order valence-corrected chi connectivity index (χ2v) is 6.68. The summed E-state index contributed by atoms with van der Waals surface area (Å²) in [5.41, 5.74) is 9.57. The number of ether oxygens (including phenoxy) is 1. The average Bonchev–Trinajstić information content (AvgIpc) is 3.14. The van der Waals surface area contributed by atoms with E-state index in [1.165, 1.54) is 16.7 Å². The van der Waals surface area contributed by atoms with Crippen LogP contribution in [0.15, 0.2) is 16.7 Å². The predicted octanol–water partition coefficient (Wildman–Crippen LogP) is 3.77. The minimum absolute atomic E-state index is 0.